The van der Waals surface area contributed by atoms with Gasteiger partial charge in [-0.25, -0.2) is 4.98 Å². The number of halogens is 1. The topological polar surface area (TPSA) is 51.7 Å². The van der Waals surface area contributed by atoms with Crippen molar-refractivity contribution >= 4 is 33.2 Å². The zero-order valence-corrected chi connectivity index (χ0v) is 19.4. The summed E-state index contributed by atoms with van der Waals surface area (Å²) in [7, 11) is 3.14. The van der Waals surface area contributed by atoms with Gasteiger partial charge in [0.15, 0.2) is 0 Å². The number of benzene rings is 1. The lowest BCUT2D eigenvalue weighted by molar-refractivity contribution is 0.0705. The minimum Gasteiger partial charge on any atom is -0.496 e. The van der Waals surface area contributed by atoms with Gasteiger partial charge in [0.25, 0.3) is 5.91 Å². The fraction of sp³-hybridized carbons (Fsp3) is 0.524. The maximum atomic E-state index is 13.2. The molecule has 1 amide bonds. The van der Waals surface area contributed by atoms with E-state index in [0.29, 0.717) is 36.1 Å². The summed E-state index contributed by atoms with van der Waals surface area (Å²) < 4.78 is 11.6. The largest absolute Gasteiger partial charge is 0.496 e. The molecule has 1 aliphatic heterocycles. The Balaban J connectivity index is 1.74. The number of aromatic nitrogens is 1. The zero-order chi connectivity index (χ0) is 20.5. The van der Waals surface area contributed by atoms with Crippen molar-refractivity contribution in [2.24, 2.45) is 0 Å². The normalized spacial score (nSPS) is 15.6. The van der Waals surface area contributed by atoms with E-state index in [9.17, 15) is 4.79 Å². The first-order valence-electron chi connectivity index (χ1n) is 9.42. The van der Waals surface area contributed by atoms with Crippen LogP contribution < -0.4 is 9.47 Å². The standard InChI is InChI=1S/C21H27BrN2O3S/c1-21(2,3)16-12-28-19(23-16)13-8-10-24(11-9-13)20(25)17-15(26-4)7-6-14(22)18(17)27-5/h6-7,12-13H,8-11H2,1-5H3. The van der Waals surface area contributed by atoms with Gasteiger partial charge in [-0.05, 0) is 40.9 Å². The van der Waals surface area contributed by atoms with Crippen LogP contribution in [0.15, 0.2) is 22.0 Å². The number of likely N-dealkylation sites (tertiary alicyclic amines) is 1. The van der Waals surface area contributed by atoms with Crippen molar-refractivity contribution in [3.63, 3.8) is 0 Å². The molecule has 1 saturated heterocycles. The first-order chi connectivity index (χ1) is 13.3. The predicted molar refractivity (Wildman–Crippen MR) is 116 cm³/mol. The number of hydrogen-bond acceptors (Lipinski definition) is 5. The van der Waals surface area contributed by atoms with Gasteiger partial charge >= 0.3 is 0 Å². The number of piperidine rings is 1. The second kappa shape index (κ2) is 8.41. The van der Waals surface area contributed by atoms with Crippen LogP contribution in [0, 0.1) is 0 Å². The molecule has 28 heavy (non-hydrogen) atoms. The van der Waals surface area contributed by atoms with E-state index in [-0.39, 0.29) is 11.3 Å². The highest BCUT2D eigenvalue weighted by Gasteiger charge is 2.31. The zero-order valence-electron chi connectivity index (χ0n) is 17.0. The molecule has 1 aromatic heterocycles. The minimum absolute atomic E-state index is 0.0528. The molecule has 7 heteroatoms. The second-order valence-electron chi connectivity index (χ2n) is 8.05. The van der Waals surface area contributed by atoms with Crippen molar-refractivity contribution in [3.8, 4) is 11.5 Å². The molecule has 0 aliphatic carbocycles. The SMILES string of the molecule is COc1ccc(Br)c(OC)c1C(=O)N1CCC(c2nc(C(C)(C)C)cs2)CC1. The summed E-state index contributed by atoms with van der Waals surface area (Å²) in [5, 5.41) is 3.36. The molecule has 0 spiro atoms. The molecule has 0 saturated carbocycles. The predicted octanol–water partition coefficient (Wildman–Crippen LogP) is 5.24. The Kier molecular flexibility index (Phi) is 6.34. The molecule has 5 nitrogen and oxygen atoms in total. The Morgan fingerprint density at radius 2 is 1.89 bits per heavy atom. The van der Waals surface area contributed by atoms with Crippen molar-refractivity contribution in [3.05, 3.63) is 38.3 Å². The van der Waals surface area contributed by atoms with Crippen LogP contribution in [0.1, 0.15) is 60.6 Å². The molecular formula is C21H27BrN2O3S. The Hall–Kier alpha value is -1.60. The van der Waals surface area contributed by atoms with Gasteiger partial charge < -0.3 is 14.4 Å². The quantitative estimate of drug-likeness (QED) is 0.617. The Morgan fingerprint density at radius 1 is 1.21 bits per heavy atom. The lowest BCUT2D eigenvalue weighted by Gasteiger charge is -2.32. The highest BCUT2D eigenvalue weighted by atomic mass is 79.9. The van der Waals surface area contributed by atoms with Crippen molar-refractivity contribution in [2.75, 3.05) is 27.3 Å². The summed E-state index contributed by atoms with van der Waals surface area (Å²) in [4.78, 5) is 20.0. The van der Waals surface area contributed by atoms with Gasteiger partial charge in [0.05, 0.1) is 29.4 Å². The van der Waals surface area contributed by atoms with E-state index in [1.807, 2.05) is 11.0 Å². The fourth-order valence-corrected chi connectivity index (χ4v) is 5.13. The summed E-state index contributed by atoms with van der Waals surface area (Å²) in [5.41, 5.74) is 1.69. The molecule has 0 atom stereocenters. The summed E-state index contributed by atoms with van der Waals surface area (Å²) in [6.45, 7) is 7.96. The number of methoxy groups -OCH3 is 2. The number of rotatable bonds is 4. The number of thiazole rings is 1. The number of ether oxygens (including phenoxy) is 2. The van der Waals surface area contributed by atoms with Crippen LogP contribution in [0.3, 0.4) is 0 Å². The third-order valence-electron chi connectivity index (χ3n) is 5.13. The molecule has 0 N–H and O–H groups in total. The van der Waals surface area contributed by atoms with E-state index in [2.05, 4.69) is 42.1 Å². The number of amides is 1. The second-order valence-corrected chi connectivity index (χ2v) is 9.79. The average Bonchev–Trinajstić information content (AvgIpc) is 3.18. The van der Waals surface area contributed by atoms with E-state index in [1.54, 1.807) is 31.6 Å². The van der Waals surface area contributed by atoms with Gasteiger partial charge in [-0.2, -0.15) is 0 Å². The molecule has 1 fully saturated rings. The molecule has 2 aromatic rings. The number of nitrogens with zero attached hydrogens (tertiary/aromatic N) is 2. The van der Waals surface area contributed by atoms with Crippen molar-refractivity contribution in [1.29, 1.82) is 0 Å². The molecular weight excluding hydrogens is 440 g/mol. The molecule has 0 bridgehead atoms. The van der Waals surface area contributed by atoms with E-state index in [4.69, 9.17) is 14.5 Å². The van der Waals surface area contributed by atoms with E-state index in [0.717, 1.165) is 23.0 Å². The molecule has 3 rings (SSSR count). The van der Waals surface area contributed by atoms with Gasteiger partial charge in [0.2, 0.25) is 0 Å². The third kappa shape index (κ3) is 4.20. The maximum Gasteiger partial charge on any atom is 0.261 e. The van der Waals surface area contributed by atoms with E-state index >= 15 is 0 Å². The lowest BCUT2D eigenvalue weighted by atomic mass is 9.93. The summed E-state index contributed by atoms with van der Waals surface area (Å²) >= 11 is 5.21. The smallest absolute Gasteiger partial charge is 0.261 e. The van der Waals surface area contributed by atoms with Crippen LogP contribution in [0.2, 0.25) is 0 Å². The molecule has 0 radical (unpaired) electrons. The highest BCUT2D eigenvalue weighted by Crippen LogP contribution is 2.38. The van der Waals surface area contributed by atoms with Crippen LogP contribution in [-0.4, -0.2) is 43.1 Å². The lowest BCUT2D eigenvalue weighted by Crippen LogP contribution is -2.38. The van der Waals surface area contributed by atoms with Gasteiger partial charge in [-0.15, -0.1) is 11.3 Å². The Labute approximate surface area is 179 Å². The van der Waals surface area contributed by atoms with Gasteiger partial charge in [0.1, 0.15) is 17.1 Å². The average molecular weight is 467 g/mol. The van der Waals surface area contributed by atoms with Gasteiger partial charge in [-0.1, -0.05) is 20.8 Å². The molecule has 2 heterocycles. The van der Waals surface area contributed by atoms with Crippen LogP contribution in [0.5, 0.6) is 11.5 Å². The summed E-state index contributed by atoms with van der Waals surface area (Å²) in [6, 6.07) is 3.62. The highest BCUT2D eigenvalue weighted by molar-refractivity contribution is 9.10. The first kappa shape index (κ1) is 21.1. The van der Waals surface area contributed by atoms with Crippen LogP contribution >= 0.6 is 27.3 Å². The van der Waals surface area contributed by atoms with Crippen LogP contribution in [-0.2, 0) is 5.41 Å². The maximum absolute atomic E-state index is 13.2. The van der Waals surface area contributed by atoms with Crippen molar-refractivity contribution in [1.82, 2.24) is 9.88 Å². The van der Waals surface area contributed by atoms with Crippen LogP contribution in [0.4, 0.5) is 0 Å². The van der Waals surface area contributed by atoms with Gasteiger partial charge in [-0.3, -0.25) is 4.79 Å². The summed E-state index contributed by atoms with van der Waals surface area (Å²) in [5.74, 6) is 1.41. The minimum atomic E-state index is -0.0528. The van der Waals surface area contributed by atoms with Crippen molar-refractivity contribution < 1.29 is 14.3 Å². The van der Waals surface area contributed by atoms with E-state index < -0.39 is 0 Å². The fourth-order valence-electron chi connectivity index (χ4n) is 3.42. The first-order valence-corrected chi connectivity index (χ1v) is 11.1. The Morgan fingerprint density at radius 3 is 2.43 bits per heavy atom. The molecule has 1 aromatic carbocycles. The van der Waals surface area contributed by atoms with E-state index in [1.165, 1.54) is 5.01 Å². The number of carbonyl (C=O) groups is 1. The third-order valence-corrected chi connectivity index (χ3v) is 6.76. The molecule has 0 unspecified atom stereocenters. The van der Waals surface area contributed by atoms with Gasteiger partial charge in [0, 0.05) is 29.8 Å². The number of hydrogen-bond donors (Lipinski definition) is 0. The van der Waals surface area contributed by atoms with Crippen LogP contribution in [0.25, 0.3) is 0 Å². The Bertz CT molecular complexity index is 852. The monoisotopic (exact) mass is 466 g/mol. The van der Waals surface area contributed by atoms with Crippen molar-refractivity contribution in [2.45, 2.75) is 44.9 Å². The summed E-state index contributed by atoms with van der Waals surface area (Å²) in [6.07, 6.45) is 1.84. The molecule has 1 aliphatic rings. The number of carbonyl (C=O) groups excluding carboxylic acids is 1. The molecule has 152 valence electrons.